The number of carbonyl (C=O) groups excluding carboxylic acids is 2. The van der Waals surface area contributed by atoms with Gasteiger partial charge in [-0.3, -0.25) is 9.59 Å². The van der Waals surface area contributed by atoms with Crippen molar-refractivity contribution >= 4 is 17.5 Å². The molecule has 1 heterocycles. The maximum Gasteiger partial charge on any atom is 0.232 e. The van der Waals surface area contributed by atoms with Crippen molar-refractivity contribution in [1.29, 1.82) is 0 Å². The number of hydrogen-bond acceptors (Lipinski definition) is 4. The molecule has 1 aliphatic heterocycles. The standard InChI is InChI=1S/C16H22FN3O3/c1-23-11-6-18-15(21)12-16(22)20-9-7-19(8-10-20)14-5-3-2-4-13(14)17/h2-5H,6-12H2,1H3,(H,18,21). The number of benzene rings is 1. The number of hydrogen-bond donors (Lipinski definition) is 1. The molecule has 0 bridgehead atoms. The summed E-state index contributed by atoms with van der Waals surface area (Å²) in [5.41, 5.74) is 0.553. The molecule has 0 saturated carbocycles. The van der Waals surface area contributed by atoms with Crippen LogP contribution >= 0.6 is 0 Å². The summed E-state index contributed by atoms with van der Waals surface area (Å²) < 4.78 is 18.6. The van der Waals surface area contributed by atoms with Crippen LogP contribution in [0.25, 0.3) is 0 Å². The first kappa shape index (κ1) is 17.2. The number of ether oxygens (including phenoxy) is 1. The molecule has 2 rings (SSSR count). The molecular weight excluding hydrogens is 301 g/mol. The van der Waals surface area contributed by atoms with Crippen molar-refractivity contribution in [3.05, 3.63) is 30.1 Å². The van der Waals surface area contributed by atoms with Gasteiger partial charge in [0.1, 0.15) is 12.2 Å². The lowest BCUT2D eigenvalue weighted by Crippen LogP contribution is -2.49. The van der Waals surface area contributed by atoms with Crippen LogP contribution in [0.2, 0.25) is 0 Å². The van der Waals surface area contributed by atoms with E-state index in [9.17, 15) is 14.0 Å². The second kappa shape index (κ2) is 8.47. The number of carbonyl (C=O) groups is 2. The van der Waals surface area contributed by atoms with Crippen LogP contribution in [0.3, 0.4) is 0 Å². The molecule has 1 aromatic carbocycles. The van der Waals surface area contributed by atoms with E-state index in [1.807, 2.05) is 4.90 Å². The Balaban J connectivity index is 1.79. The fourth-order valence-corrected chi connectivity index (χ4v) is 2.51. The van der Waals surface area contributed by atoms with Crippen LogP contribution in [0.15, 0.2) is 24.3 Å². The molecule has 1 fully saturated rings. The zero-order valence-electron chi connectivity index (χ0n) is 13.3. The zero-order valence-corrected chi connectivity index (χ0v) is 13.3. The maximum absolute atomic E-state index is 13.8. The summed E-state index contributed by atoms with van der Waals surface area (Å²) in [6, 6.07) is 6.61. The first-order valence-electron chi connectivity index (χ1n) is 7.64. The number of halogens is 1. The van der Waals surface area contributed by atoms with Gasteiger partial charge in [-0.15, -0.1) is 0 Å². The molecule has 23 heavy (non-hydrogen) atoms. The Morgan fingerprint density at radius 3 is 2.57 bits per heavy atom. The molecule has 0 aliphatic carbocycles. The van der Waals surface area contributed by atoms with Crippen LogP contribution in [-0.2, 0) is 14.3 Å². The minimum Gasteiger partial charge on any atom is -0.383 e. The number of nitrogens with zero attached hydrogens (tertiary/aromatic N) is 2. The van der Waals surface area contributed by atoms with Crippen molar-refractivity contribution in [2.24, 2.45) is 0 Å². The summed E-state index contributed by atoms with van der Waals surface area (Å²) in [6.07, 6.45) is -0.163. The Morgan fingerprint density at radius 2 is 1.91 bits per heavy atom. The molecule has 0 spiro atoms. The number of rotatable bonds is 6. The quantitative estimate of drug-likeness (QED) is 0.616. The van der Waals surface area contributed by atoms with Gasteiger partial charge in [-0.05, 0) is 12.1 Å². The molecular formula is C16H22FN3O3. The molecule has 126 valence electrons. The highest BCUT2D eigenvalue weighted by Gasteiger charge is 2.23. The highest BCUT2D eigenvalue weighted by Crippen LogP contribution is 2.20. The molecule has 1 aliphatic rings. The third-order valence-corrected chi connectivity index (χ3v) is 3.77. The van der Waals surface area contributed by atoms with Crippen molar-refractivity contribution in [1.82, 2.24) is 10.2 Å². The average molecular weight is 323 g/mol. The van der Waals surface area contributed by atoms with Crippen LogP contribution in [0.4, 0.5) is 10.1 Å². The Bertz CT molecular complexity index is 545. The normalized spacial score (nSPS) is 14.7. The SMILES string of the molecule is COCCNC(=O)CC(=O)N1CCN(c2ccccc2F)CC1. The fraction of sp³-hybridized carbons (Fsp3) is 0.500. The Hall–Kier alpha value is -2.15. The van der Waals surface area contributed by atoms with Crippen LogP contribution in [0.1, 0.15) is 6.42 Å². The predicted octanol–water partition coefficient (Wildman–Crippen LogP) is 0.627. The smallest absolute Gasteiger partial charge is 0.232 e. The highest BCUT2D eigenvalue weighted by atomic mass is 19.1. The Labute approximate surface area is 135 Å². The molecule has 0 unspecified atom stereocenters. The van der Waals surface area contributed by atoms with E-state index in [4.69, 9.17) is 4.74 Å². The molecule has 2 amide bonds. The van der Waals surface area contributed by atoms with Gasteiger partial charge in [0.05, 0.1) is 12.3 Å². The lowest BCUT2D eigenvalue weighted by atomic mass is 10.2. The van der Waals surface area contributed by atoms with Crippen molar-refractivity contribution in [3.8, 4) is 0 Å². The van der Waals surface area contributed by atoms with Crippen LogP contribution < -0.4 is 10.2 Å². The number of amides is 2. The first-order chi connectivity index (χ1) is 11.1. The third-order valence-electron chi connectivity index (χ3n) is 3.77. The van der Waals surface area contributed by atoms with Crippen LogP contribution in [0.5, 0.6) is 0 Å². The van der Waals surface area contributed by atoms with E-state index >= 15 is 0 Å². The van der Waals surface area contributed by atoms with Gasteiger partial charge >= 0.3 is 0 Å². The van der Waals surface area contributed by atoms with Gasteiger partial charge in [-0.25, -0.2) is 4.39 Å². The molecule has 6 nitrogen and oxygen atoms in total. The van der Waals surface area contributed by atoms with Gasteiger partial charge < -0.3 is 19.9 Å². The van der Waals surface area contributed by atoms with E-state index in [0.717, 1.165) is 0 Å². The second-order valence-electron chi connectivity index (χ2n) is 5.34. The largest absolute Gasteiger partial charge is 0.383 e. The molecule has 1 N–H and O–H groups in total. The van der Waals surface area contributed by atoms with Crippen LogP contribution in [0, 0.1) is 5.82 Å². The predicted molar refractivity (Wildman–Crippen MR) is 84.7 cm³/mol. The van der Waals surface area contributed by atoms with E-state index in [-0.39, 0.29) is 24.1 Å². The van der Waals surface area contributed by atoms with Crippen molar-refractivity contribution < 1.29 is 18.7 Å². The molecule has 1 saturated heterocycles. The number of piperazine rings is 1. The monoisotopic (exact) mass is 323 g/mol. The molecule has 7 heteroatoms. The van der Waals surface area contributed by atoms with Gasteiger partial charge in [-0.2, -0.15) is 0 Å². The van der Waals surface area contributed by atoms with Crippen molar-refractivity contribution in [2.75, 3.05) is 51.3 Å². The van der Waals surface area contributed by atoms with Gasteiger partial charge in [-0.1, -0.05) is 12.1 Å². The van der Waals surface area contributed by atoms with E-state index < -0.39 is 0 Å². The summed E-state index contributed by atoms with van der Waals surface area (Å²) in [5, 5.41) is 2.62. The zero-order chi connectivity index (χ0) is 16.7. The lowest BCUT2D eigenvalue weighted by Gasteiger charge is -2.36. The number of para-hydroxylation sites is 1. The van der Waals surface area contributed by atoms with Gasteiger partial charge in [0.2, 0.25) is 11.8 Å². The second-order valence-corrected chi connectivity index (χ2v) is 5.34. The lowest BCUT2D eigenvalue weighted by molar-refractivity contribution is -0.136. The summed E-state index contributed by atoms with van der Waals surface area (Å²) in [6.45, 7) is 2.89. The minimum absolute atomic E-state index is 0.163. The first-order valence-corrected chi connectivity index (χ1v) is 7.64. The Kier molecular flexibility index (Phi) is 6.34. The highest BCUT2D eigenvalue weighted by molar-refractivity contribution is 5.96. The topological polar surface area (TPSA) is 61.9 Å². The summed E-state index contributed by atoms with van der Waals surface area (Å²) in [7, 11) is 1.55. The molecule has 0 atom stereocenters. The average Bonchev–Trinajstić information content (AvgIpc) is 2.56. The van der Waals surface area contributed by atoms with Crippen molar-refractivity contribution in [3.63, 3.8) is 0 Å². The number of anilines is 1. The van der Waals surface area contributed by atoms with E-state index in [0.29, 0.717) is 45.0 Å². The van der Waals surface area contributed by atoms with Gasteiger partial charge in [0.25, 0.3) is 0 Å². The van der Waals surface area contributed by atoms with E-state index in [1.165, 1.54) is 6.07 Å². The van der Waals surface area contributed by atoms with Crippen molar-refractivity contribution in [2.45, 2.75) is 6.42 Å². The van der Waals surface area contributed by atoms with Crippen LogP contribution in [-0.4, -0.2) is 63.2 Å². The Morgan fingerprint density at radius 1 is 1.22 bits per heavy atom. The third kappa shape index (κ3) is 4.92. The van der Waals surface area contributed by atoms with Gasteiger partial charge in [0, 0.05) is 39.8 Å². The molecule has 0 aromatic heterocycles. The minimum atomic E-state index is -0.302. The fourth-order valence-electron chi connectivity index (χ4n) is 2.51. The number of nitrogens with one attached hydrogen (secondary N) is 1. The summed E-state index contributed by atoms with van der Waals surface area (Å²) in [4.78, 5) is 27.3. The number of methoxy groups -OCH3 is 1. The molecule has 1 aromatic rings. The molecule has 0 radical (unpaired) electrons. The van der Waals surface area contributed by atoms with Gasteiger partial charge in [0.15, 0.2) is 0 Å². The summed E-state index contributed by atoms with van der Waals surface area (Å²) >= 11 is 0. The van der Waals surface area contributed by atoms with E-state index in [1.54, 1.807) is 30.2 Å². The summed E-state index contributed by atoms with van der Waals surface area (Å²) in [5.74, 6) is -0.763. The van der Waals surface area contributed by atoms with E-state index in [2.05, 4.69) is 5.32 Å². The maximum atomic E-state index is 13.8.